The van der Waals surface area contributed by atoms with E-state index < -0.39 is 65.8 Å². The van der Waals surface area contributed by atoms with Crippen LogP contribution >= 0.6 is 0 Å². The van der Waals surface area contributed by atoms with Crippen molar-refractivity contribution in [1.29, 1.82) is 0 Å². The molecule has 294 valence electrons. The molecule has 8 aromatic rings. The fourth-order valence-electron chi connectivity index (χ4n) is 7.20. The Kier molecular flexibility index (Phi) is 7.99. The Morgan fingerprint density at radius 2 is 1.40 bits per heavy atom. The molecule has 0 atom stereocenters. The molecule has 58 heavy (non-hydrogen) atoms. The van der Waals surface area contributed by atoms with Gasteiger partial charge in [0.1, 0.15) is 11.6 Å². The maximum absolute atomic E-state index is 11.8. The van der Waals surface area contributed by atoms with Crippen molar-refractivity contribution in [2.45, 2.75) is 73.1 Å². The molecule has 0 amide bonds. The second-order valence-corrected chi connectivity index (χ2v) is 16.7. The fraction of sp³-hybridized carbons (Fsp3) is 0.208. The van der Waals surface area contributed by atoms with Gasteiger partial charge in [0.2, 0.25) is 0 Å². The maximum Gasteiger partial charge on any atom is 0.148 e. The third-order valence-electron chi connectivity index (χ3n) is 10.3. The number of aromatic hydroxyl groups is 1. The second kappa shape index (κ2) is 15.6. The Bertz CT molecular complexity index is 3280. The van der Waals surface area contributed by atoms with Crippen molar-refractivity contribution < 1.29 is 39.9 Å². The van der Waals surface area contributed by atoms with Crippen LogP contribution in [0.15, 0.2) is 133 Å². The van der Waals surface area contributed by atoms with Crippen LogP contribution in [0.1, 0.15) is 83.1 Å². The van der Waals surface area contributed by atoms with E-state index in [9.17, 15) is 6.48 Å². The molecule has 0 radical (unpaired) electrons. The van der Waals surface area contributed by atoms with Crippen LogP contribution in [-0.4, -0.2) is 19.6 Å². The van der Waals surface area contributed by atoms with E-state index in [1.165, 1.54) is 0 Å². The molecule has 0 saturated heterocycles. The molecule has 0 saturated carbocycles. The number of imidazole rings is 1. The Morgan fingerprint density at radius 1 is 0.672 bits per heavy atom. The number of para-hydroxylation sites is 1. The molecule has 0 aliphatic rings. The molecule has 2 heterocycles. The van der Waals surface area contributed by atoms with Crippen LogP contribution in [0.2, 0.25) is 0 Å². The standard InChI is InChI=1S/C53H50N3O.Pt/c1-33-18-20-36(21-19-33)38-24-25-54-46(31-38)40-28-39(29-42(30-40)53(7,8)9)43-16-13-17-48-49(43)55-51(45-27-34(2)26-35(3)50(45)57)56(48)47-23-22-41(52(4,5)6)32-44(47)37-14-11-10-12-15-37;/h10-27,29-32,57H,1-9H3;/q-1;/i1D3,18D,19D,20D,21D,24D,25D,31D;. The average Bonchev–Trinajstić information content (AvgIpc) is 3.65. The van der Waals surface area contributed by atoms with Gasteiger partial charge in [0.15, 0.2) is 0 Å². The summed E-state index contributed by atoms with van der Waals surface area (Å²) in [6.07, 6.45) is -0.584. The van der Waals surface area contributed by atoms with Gasteiger partial charge in [-0.3, -0.25) is 9.55 Å². The molecular weight excluding hydrogens is 890 g/mol. The number of phenols is 1. The molecule has 8 rings (SSSR count). The van der Waals surface area contributed by atoms with Crippen LogP contribution in [-0.2, 0) is 31.9 Å². The quantitative estimate of drug-likeness (QED) is 0.169. The average molecular weight is 950 g/mol. The van der Waals surface area contributed by atoms with Gasteiger partial charge < -0.3 is 5.11 Å². The monoisotopic (exact) mass is 949 g/mol. The van der Waals surface area contributed by atoms with E-state index in [0.717, 1.165) is 39.0 Å². The van der Waals surface area contributed by atoms with Gasteiger partial charge in [0.05, 0.1) is 31.9 Å². The van der Waals surface area contributed by atoms with E-state index in [1.807, 2.05) is 89.2 Å². The number of phenolic OH excluding ortho intramolecular Hbond substituents is 1. The molecule has 0 unspecified atom stereocenters. The zero-order valence-electron chi connectivity index (χ0n) is 43.8. The third-order valence-corrected chi connectivity index (χ3v) is 10.3. The minimum atomic E-state index is -2.96. The maximum atomic E-state index is 11.8. The molecule has 0 fully saturated rings. The van der Waals surface area contributed by atoms with Crippen LogP contribution in [0.5, 0.6) is 5.75 Å². The summed E-state index contributed by atoms with van der Waals surface area (Å²) in [5.74, 6) is 0.609. The van der Waals surface area contributed by atoms with Crippen LogP contribution < -0.4 is 0 Å². The predicted octanol–water partition coefficient (Wildman–Crippen LogP) is 13.8. The van der Waals surface area contributed by atoms with Gasteiger partial charge in [-0.15, -0.1) is 29.3 Å². The summed E-state index contributed by atoms with van der Waals surface area (Å²) in [7, 11) is 0. The normalized spacial score (nSPS) is 14.5. The number of rotatable bonds is 6. The van der Waals surface area contributed by atoms with Gasteiger partial charge in [0.25, 0.3) is 0 Å². The number of fused-ring (bicyclic) bond motifs is 1. The van der Waals surface area contributed by atoms with E-state index >= 15 is 0 Å². The first kappa shape index (κ1) is 29.6. The minimum Gasteiger partial charge on any atom is -0.507 e. The zero-order valence-corrected chi connectivity index (χ0v) is 36.0. The van der Waals surface area contributed by atoms with E-state index in [4.69, 9.17) is 17.3 Å². The summed E-state index contributed by atoms with van der Waals surface area (Å²) >= 11 is 0. The van der Waals surface area contributed by atoms with Gasteiger partial charge in [0, 0.05) is 42.6 Å². The number of aryl methyl sites for hydroxylation is 2. The Balaban J connectivity index is 0.00000684. The van der Waals surface area contributed by atoms with Gasteiger partial charge >= 0.3 is 0 Å². The van der Waals surface area contributed by atoms with Gasteiger partial charge in [-0.25, -0.2) is 4.98 Å². The molecule has 2 aromatic heterocycles. The number of aromatic nitrogens is 3. The topological polar surface area (TPSA) is 50.9 Å². The minimum absolute atomic E-state index is 0. The number of hydrogen-bond donors (Lipinski definition) is 1. The summed E-state index contributed by atoms with van der Waals surface area (Å²) in [4.78, 5) is 9.80. The van der Waals surface area contributed by atoms with E-state index in [0.29, 0.717) is 33.6 Å². The summed E-state index contributed by atoms with van der Waals surface area (Å²) in [6, 6.07) is 29.4. The van der Waals surface area contributed by atoms with Gasteiger partial charge in [-0.1, -0.05) is 143 Å². The largest absolute Gasteiger partial charge is 0.507 e. The Morgan fingerprint density at radius 3 is 2.10 bits per heavy atom. The van der Waals surface area contributed by atoms with Crippen LogP contribution in [0.3, 0.4) is 0 Å². The van der Waals surface area contributed by atoms with E-state index in [1.54, 1.807) is 6.07 Å². The number of benzene rings is 6. The van der Waals surface area contributed by atoms with Crippen molar-refractivity contribution in [2.24, 2.45) is 0 Å². The van der Waals surface area contributed by atoms with Gasteiger partial charge in [-0.05, 0) is 95.2 Å². The number of nitrogens with zero attached hydrogens (tertiary/aromatic N) is 3. The zero-order chi connectivity index (χ0) is 48.8. The van der Waals surface area contributed by atoms with Crippen molar-refractivity contribution in [3.05, 3.63) is 167 Å². The van der Waals surface area contributed by atoms with Crippen LogP contribution in [0.4, 0.5) is 0 Å². The third kappa shape index (κ3) is 7.83. The van der Waals surface area contributed by atoms with Crippen molar-refractivity contribution in [2.75, 3.05) is 0 Å². The van der Waals surface area contributed by atoms with E-state index in [2.05, 4.69) is 66.7 Å². The molecule has 4 nitrogen and oxygen atoms in total. The first-order valence-corrected chi connectivity index (χ1v) is 19.0. The summed E-state index contributed by atoms with van der Waals surface area (Å²) in [5.41, 5.74) is 7.40. The Labute approximate surface area is 372 Å². The molecule has 0 spiro atoms. The summed E-state index contributed by atoms with van der Waals surface area (Å²) in [6.45, 7) is 13.5. The molecule has 1 N–H and O–H groups in total. The van der Waals surface area contributed by atoms with Crippen molar-refractivity contribution in [1.82, 2.24) is 14.5 Å². The van der Waals surface area contributed by atoms with Crippen molar-refractivity contribution in [3.63, 3.8) is 0 Å². The predicted molar refractivity (Wildman–Crippen MR) is 238 cm³/mol. The molecular formula is C53H50N3OPt-. The van der Waals surface area contributed by atoms with Crippen molar-refractivity contribution >= 4 is 11.0 Å². The fourth-order valence-corrected chi connectivity index (χ4v) is 7.20. The van der Waals surface area contributed by atoms with Crippen molar-refractivity contribution in [3.8, 4) is 67.5 Å². The number of pyridine rings is 1. The first-order valence-electron chi connectivity index (χ1n) is 24.0. The SMILES string of the molecule is [2H]c1nc(-c2[c-]c(-c3cccc4c3nc(-c3cc(C)cc(C)c3O)n4-c3ccc(C(C)(C)C)cc3-c3ccccc3)cc(C(C)(C)C)c2)c([2H])c(-c2c([2H])c([2H])c(C([2H])([2H])[2H])c([2H])c2[2H])c1[2H].[Pt]. The van der Waals surface area contributed by atoms with Crippen LogP contribution in [0, 0.1) is 26.8 Å². The molecule has 0 bridgehead atoms. The van der Waals surface area contributed by atoms with E-state index in [-0.39, 0.29) is 49.1 Å². The second-order valence-electron chi connectivity index (χ2n) is 16.7. The Hall–Kier alpha value is -5.57. The van der Waals surface area contributed by atoms with Gasteiger partial charge in [-0.2, -0.15) is 0 Å². The molecule has 6 aromatic carbocycles. The molecule has 0 aliphatic carbocycles. The van der Waals surface area contributed by atoms with Crippen LogP contribution in [0.25, 0.3) is 72.7 Å². The first-order chi connectivity index (χ1) is 31.3. The summed E-state index contributed by atoms with van der Waals surface area (Å²) in [5, 5.41) is 11.8. The molecule has 0 aliphatic heterocycles. The number of hydrogen-bond acceptors (Lipinski definition) is 3. The molecule has 5 heteroatoms. The smallest absolute Gasteiger partial charge is 0.148 e. The summed E-state index contributed by atoms with van der Waals surface area (Å²) < 4.78 is 87.7.